The third-order valence-electron chi connectivity index (χ3n) is 3.37. The van der Waals surface area contributed by atoms with E-state index in [1.807, 2.05) is 19.2 Å². The minimum absolute atomic E-state index is 0.268. The first-order valence-corrected chi connectivity index (χ1v) is 6.50. The van der Waals surface area contributed by atoms with Gasteiger partial charge in [-0.3, -0.25) is 0 Å². The Balaban J connectivity index is 2.06. The van der Waals surface area contributed by atoms with Gasteiger partial charge in [0.2, 0.25) is 0 Å². The van der Waals surface area contributed by atoms with E-state index in [4.69, 9.17) is 11.6 Å². The average molecular weight is 262 g/mol. The minimum Gasteiger partial charge on any atom is -0.375 e. The largest absolute Gasteiger partial charge is 0.375 e. The fourth-order valence-corrected chi connectivity index (χ4v) is 2.69. The van der Waals surface area contributed by atoms with E-state index in [0.717, 1.165) is 23.8 Å². The van der Waals surface area contributed by atoms with Gasteiger partial charge < -0.3 is 15.2 Å². The first-order valence-electron chi connectivity index (χ1n) is 6.12. The van der Waals surface area contributed by atoms with Crippen LogP contribution in [0.25, 0.3) is 0 Å². The van der Waals surface area contributed by atoms with E-state index in [1.54, 1.807) is 0 Å². The lowest BCUT2D eigenvalue weighted by Gasteiger charge is -2.18. The van der Waals surface area contributed by atoms with Crippen molar-refractivity contribution in [1.29, 1.82) is 0 Å². The maximum Gasteiger partial charge on any atom is 0.0789 e. The molecule has 0 saturated heterocycles. The summed E-state index contributed by atoms with van der Waals surface area (Å²) < 4.78 is 2.29. The molecule has 94 valence electrons. The average Bonchev–Trinajstić information content (AvgIpc) is 2.75. The molecular formula is C14H16ClN3. The van der Waals surface area contributed by atoms with E-state index in [0.29, 0.717) is 0 Å². The van der Waals surface area contributed by atoms with Gasteiger partial charge in [0, 0.05) is 35.7 Å². The molecule has 0 spiro atoms. The monoisotopic (exact) mass is 261 g/mol. The molecule has 0 amide bonds. The summed E-state index contributed by atoms with van der Waals surface area (Å²) in [4.78, 5) is 0. The maximum absolute atomic E-state index is 6.08. The molecule has 1 unspecified atom stereocenters. The zero-order valence-electron chi connectivity index (χ0n) is 10.3. The van der Waals surface area contributed by atoms with Crippen LogP contribution in [0.4, 0.5) is 5.69 Å². The number of halogens is 1. The quantitative estimate of drug-likeness (QED) is 0.870. The van der Waals surface area contributed by atoms with Crippen molar-refractivity contribution in [1.82, 2.24) is 9.88 Å². The molecule has 1 aliphatic heterocycles. The Morgan fingerprint density at radius 2 is 2.33 bits per heavy atom. The smallest absolute Gasteiger partial charge is 0.0789 e. The van der Waals surface area contributed by atoms with Gasteiger partial charge in [-0.2, -0.15) is 0 Å². The summed E-state index contributed by atoms with van der Waals surface area (Å²) in [5.41, 5.74) is 3.71. The summed E-state index contributed by atoms with van der Waals surface area (Å²) in [6.45, 7) is 1.78. The summed E-state index contributed by atoms with van der Waals surface area (Å²) in [6, 6.07) is 10.6. The predicted molar refractivity (Wildman–Crippen MR) is 75.3 cm³/mol. The Kier molecular flexibility index (Phi) is 3.02. The van der Waals surface area contributed by atoms with E-state index < -0.39 is 0 Å². The van der Waals surface area contributed by atoms with Crippen LogP contribution in [0.2, 0.25) is 5.02 Å². The van der Waals surface area contributed by atoms with Crippen molar-refractivity contribution in [3.8, 4) is 0 Å². The molecule has 3 rings (SSSR count). The van der Waals surface area contributed by atoms with E-state index in [-0.39, 0.29) is 6.04 Å². The van der Waals surface area contributed by atoms with Crippen molar-refractivity contribution < 1.29 is 0 Å². The second kappa shape index (κ2) is 4.67. The SMILES string of the molecule is CNCC1Nc2cc(Cl)ccc2Cn2cccc21. The van der Waals surface area contributed by atoms with Crippen molar-refractivity contribution in [2.24, 2.45) is 0 Å². The molecule has 0 fully saturated rings. The predicted octanol–water partition coefficient (Wildman–Crippen LogP) is 2.88. The number of nitrogens with zero attached hydrogens (tertiary/aromatic N) is 1. The fraction of sp³-hybridized carbons (Fsp3) is 0.286. The van der Waals surface area contributed by atoms with Crippen molar-refractivity contribution >= 4 is 17.3 Å². The highest BCUT2D eigenvalue weighted by atomic mass is 35.5. The van der Waals surface area contributed by atoms with Gasteiger partial charge in [0.1, 0.15) is 0 Å². The summed E-state index contributed by atoms with van der Waals surface area (Å²) in [6.07, 6.45) is 2.13. The van der Waals surface area contributed by atoms with Gasteiger partial charge in [-0.05, 0) is 36.9 Å². The summed E-state index contributed by atoms with van der Waals surface area (Å²) >= 11 is 6.08. The second-order valence-electron chi connectivity index (χ2n) is 4.62. The van der Waals surface area contributed by atoms with Crippen molar-refractivity contribution in [3.05, 3.63) is 52.8 Å². The van der Waals surface area contributed by atoms with Crippen LogP contribution in [0, 0.1) is 0 Å². The highest BCUT2D eigenvalue weighted by Gasteiger charge is 2.20. The van der Waals surface area contributed by atoms with Crippen LogP contribution in [-0.4, -0.2) is 18.2 Å². The summed E-state index contributed by atoms with van der Waals surface area (Å²) in [7, 11) is 1.97. The van der Waals surface area contributed by atoms with E-state index in [9.17, 15) is 0 Å². The van der Waals surface area contributed by atoms with Gasteiger partial charge in [0.05, 0.1) is 6.04 Å². The molecule has 2 heterocycles. The van der Waals surface area contributed by atoms with E-state index >= 15 is 0 Å². The maximum atomic E-state index is 6.08. The number of fused-ring (bicyclic) bond motifs is 2. The van der Waals surface area contributed by atoms with Crippen LogP contribution < -0.4 is 10.6 Å². The number of hydrogen-bond acceptors (Lipinski definition) is 2. The highest BCUT2D eigenvalue weighted by Crippen LogP contribution is 2.30. The molecule has 2 N–H and O–H groups in total. The van der Waals surface area contributed by atoms with Crippen LogP contribution >= 0.6 is 11.6 Å². The number of benzene rings is 1. The Morgan fingerprint density at radius 3 is 3.17 bits per heavy atom. The third kappa shape index (κ3) is 2.00. The topological polar surface area (TPSA) is 29.0 Å². The first-order chi connectivity index (χ1) is 8.78. The van der Waals surface area contributed by atoms with Crippen LogP contribution in [0.5, 0.6) is 0 Å². The van der Waals surface area contributed by atoms with Crippen LogP contribution in [0.1, 0.15) is 17.3 Å². The Morgan fingerprint density at radius 1 is 1.44 bits per heavy atom. The molecule has 1 atom stereocenters. The number of aromatic nitrogens is 1. The molecule has 1 aromatic carbocycles. The van der Waals surface area contributed by atoms with Crippen LogP contribution in [0.15, 0.2) is 36.5 Å². The molecule has 0 radical (unpaired) electrons. The molecule has 2 aromatic rings. The molecule has 0 bridgehead atoms. The third-order valence-corrected chi connectivity index (χ3v) is 3.61. The molecular weight excluding hydrogens is 246 g/mol. The first kappa shape index (κ1) is 11.6. The lowest BCUT2D eigenvalue weighted by atomic mass is 10.1. The number of hydrogen-bond donors (Lipinski definition) is 2. The molecule has 1 aromatic heterocycles. The normalized spacial score (nSPS) is 17.6. The number of likely N-dealkylation sites (N-methyl/N-ethyl adjacent to an activating group) is 1. The van der Waals surface area contributed by atoms with E-state index in [1.165, 1.54) is 11.3 Å². The van der Waals surface area contributed by atoms with Crippen molar-refractivity contribution in [3.63, 3.8) is 0 Å². The molecule has 0 saturated carbocycles. The summed E-state index contributed by atoms with van der Waals surface area (Å²) in [5, 5.41) is 7.58. The van der Waals surface area contributed by atoms with Gasteiger partial charge in [0.15, 0.2) is 0 Å². The molecule has 0 aliphatic carbocycles. The van der Waals surface area contributed by atoms with Gasteiger partial charge in [0.25, 0.3) is 0 Å². The van der Waals surface area contributed by atoms with Crippen LogP contribution in [-0.2, 0) is 6.54 Å². The van der Waals surface area contributed by atoms with Gasteiger partial charge in [-0.1, -0.05) is 17.7 Å². The van der Waals surface area contributed by atoms with Gasteiger partial charge >= 0.3 is 0 Å². The summed E-state index contributed by atoms with van der Waals surface area (Å²) in [5.74, 6) is 0. The lowest BCUT2D eigenvalue weighted by molar-refractivity contribution is 0.641. The number of anilines is 1. The standard InChI is InChI=1S/C14H16ClN3/c1-16-8-13-14-3-2-6-18(14)9-10-4-5-11(15)7-12(10)17-13/h2-7,13,16-17H,8-9H2,1H3. The minimum atomic E-state index is 0.268. The highest BCUT2D eigenvalue weighted by molar-refractivity contribution is 6.30. The number of nitrogens with one attached hydrogen (secondary N) is 2. The second-order valence-corrected chi connectivity index (χ2v) is 5.05. The van der Waals surface area contributed by atoms with Crippen molar-refractivity contribution in [2.75, 3.05) is 18.9 Å². The molecule has 1 aliphatic rings. The van der Waals surface area contributed by atoms with E-state index in [2.05, 4.69) is 39.6 Å². The molecule has 3 nitrogen and oxygen atoms in total. The van der Waals surface area contributed by atoms with Crippen molar-refractivity contribution in [2.45, 2.75) is 12.6 Å². The lowest BCUT2D eigenvalue weighted by Crippen LogP contribution is -2.24. The Labute approximate surface area is 112 Å². The fourth-order valence-electron chi connectivity index (χ4n) is 2.51. The van der Waals surface area contributed by atoms with Gasteiger partial charge in [-0.25, -0.2) is 0 Å². The zero-order valence-corrected chi connectivity index (χ0v) is 11.0. The van der Waals surface area contributed by atoms with Crippen LogP contribution in [0.3, 0.4) is 0 Å². The number of rotatable bonds is 2. The van der Waals surface area contributed by atoms with Gasteiger partial charge in [-0.15, -0.1) is 0 Å². The molecule has 4 heteroatoms. The Hall–Kier alpha value is -1.45. The Bertz CT molecular complexity index is 562. The zero-order chi connectivity index (χ0) is 12.5. The molecule has 18 heavy (non-hydrogen) atoms.